The van der Waals surface area contributed by atoms with E-state index < -0.39 is 0 Å². The van der Waals surface area contributed by atoms with Gasteiger partial charge in [0, 0.05) is 11.9 Å². The van der Waals surface area contributed by atoms with Gasteiger partial charge in [0.05, 0.1) is 16.5 Å². The van der Waals surface area contributed by atoms with Crippen molar-refractivity contribution in [2.45, 2.75) is 25.3 Å². The third-order valence-corrected chi connectivity index (χ3v) is 2.86. The molecule has 0 N–H and O–H groups in total. The Balaban J connectivity index is 2.34. The smallest absolute Gasteiger partial charge is 0.0959 e. The van der Waals surface area contributed by atoms with Gasteiger partial charge in [0.25, 0.3) is 0 Å². The molecule has 0 amide bonds. The zero-order valence-corrected chi connectivity index (χ0v) is 9.34. The van der Waals surface area contributed by atoms with Gasteiger partial charge in [-0.1, -0.05) is 6.07 Å². The predicted molar refractivity (Wildman–Crippen MR) is 59.0 cm³/mol. The molecule has 0 spiro atoms. The Kier molecular flexibility index (Phi) is 3.97. The van der Waals surface area contributed by atoms with Crippen molar-refractivity contribution in [2.75, 3.05) is 5.75 Å². The first-order valence-electron chi connectivity index (χ1n) is 4.59. The number of thioether (sulfide) groups is 1. The van der Waals surface area contributed by atoms with Gasteiger partial charge in [-0.05, 0) is 32.4 Å². The van der Waals surface area contributed by atoms with Crippen LogP contribution in [-0.4, -0.2) is 10.7 Å². The van der Waals surface area contributed by atoms with Crippen LogP contribution in [0, 0.1) is 16.7 Å². The summed E-state index contributed by atoms with van der Waals surface area (Å²) in [5.74, 6) is 0.942. The molecule has 0 aliphatic carbocycles. The number of hydrogen-bond acceptors (Lipinski definition) is 3. The van der Waals surface area contributed by atoms with E-state index in [1.807, 2.05) is 32.0 Å². The van der Waals surface area contributed by atoms with E-state index in [1.54, 1.807) is 18.0 Å². The van der Waals surface area contributed by atoms with Gasteiger partial charge in [0.15, 0.2) is 0 Å². The Labute approximate surface area is 89.4 Å². The topological polar surface area (TPSA) is 36.7 Å². The highest BCUT2D eigenvalue weighted by Gasteiger charge is 2.15. The monoisotopic (exact) mass is 206 g/mol. The van der Waals surface area contributed by atoms with E-state index in [9.17, 15) is 0 Å². The first-order chi connectivity index (χ1) is 6.64. The van der Waals surface area contributed by atoms with Gasteiger partial charge in [-0.25, -0.2) is 4.98 Å². The van der Waals surface area contributed by atoms with Gasteiger partial charge in [-0.15, -0.1) is 11.8 Å². The molecule has 0 radical (unpaired) electrons. The lowest BCUT2D eigenvalue weighted by Crippen LogP contribution is -2.08. The van der Waals surface area contributed by atoms with E-state index in [0.29, 0.717) is 0 Å². The summed E-state index contributed by atoms with van der Waals surface area (Å²) in [6.07, 6.45) is 2.68. The molecule has 0 saturated carbocycles. The third kappa shape index (κ3) is 3.80. The Bertz CT molecular complexity index is 314. The number of nitrogens with zero attached hydrogens (tertiary/aromatic N) is 2. The largest absolute Gasteiger partial charge is 0.250 e. The minimum Gasteiger partial charge on any atom is -0.250 e. The summed E-state index contributed by atoms with van der Waals surface area (Å²) >= 11 is 1.70. The molecule has 3 heteroatoms. The molecule has 1 heterocycles. The van der Waals surface area contributed by atoms with Crippen molar-refractivity contribution in [3.8, 4) is 6.07 Å². The lowest BCUT2D eigenvalue weighted by molar-refractivity contribution is 0.482. The summed E-state index contributed by atoms with van der Waals surface area (Å²) in [6.45, 7) is 3.93. The average molecular weight is 206 g/mol. The van der Waals surface area contributed by atoms with E-state index in [0.717, 1.165) is 17.2 Å². The SMILES string of the molecule is CC(C)(C#N)CCSc1ccccn1. The first-order valence-corrected chi connectivity index (χ1v) is 5.58. The Morgan fingerprint density at radius 3 is 2.86 bits per heavy atom. The molecule has 0 bridgehead atoms. The van der Waals surface area contributed by atoms with Crippen LogP contribution in [-0.2, 0) is 0 Å². The number of rotatable bonds is 4. The van der Waals surface area contributed by atoms with Crippen LogP contribution >= 0.6 is 11.8 Å². The quantitative estimate of drug-likeness (QED) is 0.710. The van der Waals surface area contributed by atoms with Crippen molar-refractivity contribution in [1.29, 1.82) is 5.26 Å². The fourth-order valence-electron chi connectivity index (χ4n) is 0.899. The zero-order valence-electron chi connectivity index (χ0n) is 8.53. The molecule has 0 fully saturated rings. The van der Waals surface area contributed by atoms with Gasteiger partial charge in [-0.2, -0.15) is 5.26 Å². The third-order valence-electron chi connectivity index (χ3n) is 1.92. The number of aromatic nitrogens is 1. The van der Waals surface area contributed by atoms with Gasteiger partial charge in [0.1, 0.15) is 0 Å². The van der Waals surface area contributed by atoms with E-state index in [4.69, 9.17) is 5.26 Å². The number of hydrogen-bond donors (Lipinski definition) is 0. The first kappa shape index (κ1) is 11.1. The number of pyridine rings is 1. The van der Waals surface area contributed by atoms with Gasteiger partial charge in [0.2, 0.25) is 0 Å². The second-order valence-corrected chi connectivity index (χ2v) is 4.88. The van der Waals surface area contributed by atoms with Crippen LogP contribution < -0.4 is 0 Å². The lowest BCUT2D eigenvalue weighted by atomic mass is 9.93. The van der Waals surface area contributed by atoms with Crippen molar-refractivity contribution in [3.05, 3.63) is 24.4 Å². The summed E-state index contributed by atoms with van der Waals surface area (Å²) in [4.78, 5) is 4.20. The van der Waals surface area contributed by atoms with E-state index >= 15 is 0 Å². The van der Waals surface area contributed by atoms with Crippen molar-refractivity contribution >= 4 is 11.8 Å². The fraction of sp³-hybridized carbons (Fsp3) is 0.455. The number of nitriles is 1. The molecule has 74 valence electrons. The molecular weight excluding hydrogens is 192 g/mol. The molecule has 14 heavy (non-hydrogen) atoms. The molecule has 1 aromatic rings. The van der Waals surface area contributed by atoms with Gasteiger partial charge >= 0.3 is 0 Å². The van der Waals surface area contributed by atoms with Crippen LogP contribution in [0.15, 0.2) is 29.4 Å². The lowest BCUT2D eigenvalue weighted by Gasteiger charge is -2.13. The molecular formula is C11H14N2S. The van der Waals surface area contributed by atoms with Crippen molar-refractivity contribution < 1.29 is 0 Å². The van der Waals surface area contributed by atoms with E-state index in [1.165, 1.54) is 0 Å². The van der Waals surface area contributed by atoms with Crippen LogP contribution in [0.4, 0.5) is 0 Å². The van der Waals surface area contributed by atoms with Crippen molar-refractivity contribution in [3.63, 3.8) is 0 Å². The van der Waals surface area contributed by atoms with Crippen molar-refractivity contribution in [2.24, 2.45) is 5.41 Å². The highest BCUT2D eigenvalue weighted by atomic mass is 32.2. The summed E-state index contributed by atoms with van der Waals surface area (Å²) in [5, 5.41) is 9.85. The van der Waals surface area contributed by atoms with Gasteiger partial charge in [-0.3, -0.25) is 0 Å². The normalized spacial score (nSPS) is 10.9. The summed E-state index contributed by atoms with van der Waals surface area (Å²) < 4.78 is 0. The molecule has 0 saturated heterocycles. The molecule has 2 nitrogen and oxygen atoms in total. The van der Waals surface area contributed by atoms with Crippen LogP contribution in [0.1, 0.15) is 20.3 Å². The van der Waals surface area contributed by atoms with Crippen LogP contribution in [0.2, 0.25) is 0 Å². The predicted octanol–water partition coefficient (Wildman–Crippen LogP) is 3.11. The molecule has 0 aliphatic heterocycles. The molecule has 0 unspecified atom stereocenters. The maximum absolute atomic E-state index is 8.82. The Hall–Kier alpha value is -1.01. The van der Waals surface area contributed by atoms with Gasteiger partial charge < -0.3 is 0 Å². The summed E-state index contributed by atoms with van der Waals surface area (Å²) in [7, 11) is 0. The zero-order chi connectivity index (χ0) is 10.4. The standard InChI is InChI=1S/C11H14N2S/c1-11(2,9-12)6-8-14-10-5-3-4-7-13-10/h3-5,7H,6,8H2,1-2H3. The van der Waals surface area contributed by atoms with Crippen LogP contribution in [0.25, 0.3) is 0 Å². The highest BCUT2D eigenvalue weighted by Crippen LogP contribution is 2.24. The minimum absolute atomic E-state index is 0.220. The van der Waals surface area contributed by atoms with Crippen LogP contribution in [0.5, 0.6) is 0 Å². The molecule has 1 rings (SSSR count). The van der Waals surface area contributed by atoms with Crippen molar-refractivity contribution in [1.82, 2.24) is 4.98 Å². The average Bonchev–Trinajstić information content (AvgIpc) is 2.19. The summed E-state index contributed by atoms with van der Waals surface area (Å²) in [5.41, 5.74) is -0.220. The maximum atomic E-state index is 8.82. The maximum Gasteiger partial charge on any atom is 0.0959 e. The second kappa shape index (κ2) is 5.02. The Morgan fingerprint density at radius 1 is 1.50 bits per heavy atom. The minimum atomic E-state index is -0.220. The van der Waals surface area contributed by atoms with E-state index in [2.05, 4.69) is 11.1 Å². The Morgan fingerprint density at radius 2 is 2.29 bits per heavy atom. The van der Waals surface area contributed by atoms with E-state index in [-0.39, 0.29) is 5.41 Å². The summed E-state index contributed by atoms with van der Waals surface area (Å²) in [6, 6.07) is 8.17. The van der Waals surface area contributed by atoms with Crippen LogP contribution in [0.3, 0.4) is 0 Å². The fourth-order valence-corrected chi connectivity index (χ4v) is 2.03. The molecule has 0 atom stereocenters. The molecule has 0 aliphatic rings. The highest BCUT2D eigenvalue weighted by molar-refractivity contribution is 7.99. The molecule has 0 aromatic carbocycles. The second-order valence-electron chi connectivity index (χ2n) is 3.76. The molecule has 1 aromatic heterocycles.